The summed E-state index contributed by atoms with van der Waals surface area (Å²) in [6, 6.07) is 8.36. The minimum absolute atomic E-state index is 0.0161. The largest absolute Gasteiger partial charge is 0.498 e. The number of amides is 1. The van der Waals surface area contributed by atoms with Gasteiger partial charge in [0.15, 0.2) is 0 Å². The van der Waals surface area contributed by atoms with Gasteiger partial charge in [0.25, 0.3) is 6.09 Å². The summed E-state index contributed by atoms with van der Waals surface area (Å²) in [6.45, 7) is 12.4. The monoisotopic (exact) mass is 333 g/mol. The first-order chi connectivity index (χ1) is 11.1. The summed E-state index contributed by atoms with van der Waals surface area (Å²) in [6.07, 6.45) is -0.958. The third kappa shape index (κ3) is 3.15. The molecule has 1 aliphatic rings. The number of quaternary nitrogens is 1. The average molecular weight is 333 g/mol. The third-order valence-corrected chi connectivity index (χ3v) is 5.50. The van der Waals surface area contributed by atoms with E-state index >= 15 is 0 Å². The Labute approximate surface area is 145 Å². The molecule has 5 heteroatoms. The van der Waals surface area contributed by atoms with E-state index in [1.54, 1.807) is 0 Å². The van der Waals surface area contributed by atoms with Crippen LogP contribution in [0.1, 0.15) is 40.2 Å². The van der Waals surface area contributed by atoms with Crippen molar-refractivity contribution >= 4 is 11.8 Å². The van der Waals surface area contributed by atoms with Gasteiger partial charge >= 0.3 is 0 Å². The number of carbonyl (C=O) groups is 1. The van der Waals surface area contributed by atoms with Crippen molar-refractivity contribution in [2.45, 2.75) is 58.8 Å². The van der Waals surface area contributed by atoms with Crippen molar-refractivity contribution in [3.63, 3.8) is 0 Å². The van der Waals surface area contributed by atoms with Gasteiger partial charge in [-0.05, 0) is 52.3 Å². The molecule has 1 saturated heterocycles. The lowest BCUT2D eigenvalue weighted by Gasteiger charge is -2.59. The van der Waals surface area contributed by atoms with E-state index in [2.05, 4.69) is 34.5 Å². The highest BCUT2D eigenvalue weighted by molar-refractivity contribution is 5.55. The van der Waals surface area contributed by atoms with Crippen LogP contribution in [0.25, 0.3) is 0 Å². The van der Waals surface area contributed by atoms with Gasteiger partial charge in [0, 0.05) is 19.3 Å². The van der Waals surface area contributed by atoms with Crippen molar-refractivity contribution < 1.29 is 14.4 Å². The molecule has 1 amide bonds. The normalized spacial score (nSPS) is 28.6. The molecule has 0 saturated carbocycles. The molecule has 0 bridgehead atoms. The summed E-state index contributed by atoms with van der Waals surface area (Å²) in [7, 11) is 1.91. The molecule has 0 aromatic heterocycles. The number of benzene rings is 1. The number of rotatable bonds is 3. The Morgan fingerprint density at radius 2 is 1.71 bits per heavy atom. The van der Waals surface area contributed by atoms with E-state index in [1.807, 2.05) is 41.7 Å². The predicted octanol–water partition coefficient (Wildman–Crippen LogP) is 2.28. The van der Waals surface area contributed by atoms with Gasteiger partial charge in [0.2, 0.25) is 0 Å². The van der Waals surface area contributed by atoms with Gasteiger partial charge in [-0.25, -0.2) is 0 Å². The molecule has 5 nitrogen and oxygen atoms in total. The minimum Gasteiger partial charge on any atom is -0.498 e. The molecular weight excluding hydrogens is 302 g/mol. The fraction of sp³-hybridized carbons (Fsp3) is 0.632. The molecule has 1 N–H and O–H groups in total. The lowest BCUT2D eigenvalue weighted by atomic mass is 9.91. The molecule has 134 valence electrons. The zero-order valence-electron chi connectivity index (χ0n) is 15.8. The average Bonchev–Trinajstić information content (AvgIpc) is 2.45. The first-order valence-corrected chi connectivity index (χ1v) is 8.72. The molecule has 1 aromatic carbocycles. The highest BCUT2D eigenvalue weighted by atomic mass is 16.4. The Kier molecular flexibility index (Phi) is 5.25. The van der Waals surface area contributed by atoms with Crippen molar-refractivity contribution in [2.24, 2.45) is 0 Å². The number of nitrogens with zero attached hydrogens (tertiary/aromatic N) is 2. The number of carboxylic acid groups (broad SMARTS) is 1. The van der Waals surface area contributed by atoms with Crippen LogP contribution in [0.15, 0.2) is 24.3 Å². The van der Waals surface area contributed by atoms with Crippen molar-refractivity contribution in [3.8, 4) is 0 Å². The second-order valence-corrected chi connectivity index (χ2v) is 8.05. The van der Waals surface area contributed by atoms with Gasteiger partial charge in [-0.2, -0.15) is 0 Å². The summed E-state index contributed by atoms with van der Waals surface area (Å²) in [5.74, 6) is 0. The van der Waals surface area contributed by atoms with Crippen LogP contribution in [0.4, 0.5) is 10.5 Å². The van der Waals surface area contributed by atoms with E-state index in [-0.39, 0.29) is 16.6 Å². The summed E-state index contributed by atoms with van der Waals surface area (Å²) in [5, 5.41) is 15.2. The minimum atomic E-state index is -0.958. The van der Waals surface area contributed by atoms with E-state index in [4.69, 9.17) is 0 Å². The van der Waals surface area contributed by atoms with Crippen LogP contribution in [0.3, 0.4) is 0 Å². The summed E-state index contributed by atoms with van der Waals surface area (Å²) in [4.78, 5) is 14.5. The molecular formula is C19H31N3O2. The Hall–Kier alpha value is -1.59. The fourth-order valence-electron chi connectivity index (χ4n) is 4.63. The number of hydrogen-bond acceptors (Lipinski definition) is 4. The molecule has 2 atom stereocenters. The standard InChI is InChI=1S/C19H31N3O2/c1-14-11-21(13-16-7-9-17(20-6)10-8-16)12-15(2)22(14,18(23)24)19(3,4)5/h7-10,14-15,20H,11-13H2,1-6H3. The molecule has 1 heterocycles. The molecule has 1 aromatic rings. The lowest BCUT2D eigenvalue weighted by Crippen LogP contribution is -2.79. The van der Waals surface area contributed by atoms with Gasteiger partial charge in [-0.15, -0.1) is 0 Å². The van der Waals surface area contributed by atoms with Crippen LogP contribution >= 0.6 is 0 Å². The van der Waals surface area contributed by atoms with Crippen LogP contribution in [0.2, 0.25) is 0 Å². The Bertz CT molecular complexity index is 565. The zero-order valence-corrected chi connectivity index (χ0v) is 15.8. The number of hydrogen-bond donors (Lipinski definition) is 1. The van der Waals surface area contributed by atoms with Crippen LogP contribution in [0.5, 0.6) is 0 Å². The smallest absolute Gasteiger partial charge is 0.258 e. The van der Waals surface area contributed by atoms with Crippen LogP contribution in [-0.2, 0) is 6.54 Å². The van der Waals surface area contributed by atoms with E-state index in [9.17, 15) is 9.90 Å². The number of anilines is 1. The molecule has 0 aliphatic carbocycles. The molecule has 24 heavy (non-hydrogen) atoms. The maximum Gasteiger partial charge on any atom is 0.258 e. The fourth-order valence-corrected chi connectivity index (χ4v) is 4.63. The maximum atomic E-state index is 12.1. The van der Waals surface area contributed by atoms with Crippen molar-refractivity contribution in [2.75, 3.05) is 25.5 Å². The van der Waals surface area contributed by atoms with Crippen molar-refractivity contribution in [1.29, 1.82) is 0 Å². The van der Waals surface area contributed by atoms with Gasteiger partial charge in [-0.1, -0.05) is 12.1 Å². The molecule has 1 aliphatic heterocycles. The highest BCUT2D eigenvalue weighted by Crippen LogP contribution is 2.36. The van der Waals surface area contributed by atoms with Gasteiger partial charge in [0.05, 0.1) is 18.6 Å². The second-order valence-electron chi connectivity index (χ2n) is 8.05. The molecule has 2 rings (SSSR count). The second kappa shape index (κ2) is 6.73. The van der Waals surface area contributed by atoms with E-state index in [0.29, 0.717) is 0 Å². The lowest BCUT2D eigenvalue weighted by molar-refractivity contribution is -0.963. The number of carbonyl (C=O) groups excluding carboxylic acids is 1. The quantitative estimate of drug-likeness (QED) is 0.862. The first-order valence-electron chi connectivity index (χ1n) is 8.72. The van der Waals surface area contributed by atoms with Gasteiger partial charge < -0.3 is 15.2 Å². The van der Waals surface area contributed by atoms with Crippen LogP contribution < -0.4 is 10.4 Å². The van der Waals surface area contributed by atoms with E-state index < -0.39 is 11.6 Å². The summed E-state index contributed by atoms with van der Waals surface area (Å²) < 4.78 is 0.0161. The molecule has 2 unspecified atom stereocenters. The van der Waals surface area contributed by atoms with Gasteiger partial charge in [-0.3, -0.25) is 9.38 Å². The Morgan fingerprint density at radius 1 is 1.21 bits per heavy atom. The maximum absolute atomic E-state index is 12.1. The summed E-state index contributed by atoms with van der Waals surface area (Å²) in [5.41, 5.74) is 1.95. The SMILES string of the molecule is CNc1ccc(CN2CC(C)[N+](C(=O)[O-])(C(C)(C)C)C(C)C2)cc1. The topological polar surface area (TPSA) is 55.4 Å². The Balaban J connectivity index is 2.18. The number of piperazine rings is 1. The Morgan fingerprint density at radius 3 is 2.08 bits per heavy atom. The zero-order chi connectivity index (χ0) is 18.1. The van der Waals surface area contributed by atoms with Gasteiger partial charge in [0.1, 0.15) is 12.1 Å². The van der Waals surface area contributed by atoms with E-state index in [1.165, 1.54) is 5.56 Å². The van der Waals surface area contributed by atoms with Crippen LogP contribution in [0, 0.1) is 0 Å². The van der Waals surface area contributed by atoms with Crippen molar-refractivity contribution in [1.82, 2.24) is 4.90 Å². The van der Waals surface area contributed by atoms with Crippen LogP contribution in [-0.4, -0.2) is 53.2 Å². The third-order valence-electron chi connectivity index (χ3n) is 5.50. The number of nitrogens with one attached hydrogen (secondary N) is 1. The predicted molar refractivity (Wildman–Crippen MR) is 95.6 cm³/mol. The van der Waals surface area contributed by atoms with Crippen molar-refractivity contribution in [3.05, 3.63) is 29.8 Å². The highest BCUT2D eigenvalue weighted by Gasteiger charge is 2.54. The summed E-state index contributed by atoms with van der Waals surface area (Å²) >= 11 is 0. The van der Waals surface area contributed by atoms with E-state index in [0.717, 1.165) is 25.3 Å². The molecule has 1 fully saturated rings. The molecule has 0 radical (unpaired) electrons. The first kappa shape index (κ1) is 18.7. The molecule has 0 spiro atoms.